The average Bonchev–Trinajstić information content (AvgIpc) is 3.45. The number of likely N-dealkylation sites (tertiary alicyclic amines) is 1. The van der Waals surface area contributed by atoms with Crippen molar-refractivity contribution in [2.24, 2.45) is 0 Å². The largest absolute Gasteiger partial charge is 0.416 e. The third-order valence-corrected chi connectivity index (χ3v) is 7.74. The zero-order valence-corrected chi connectivity index (χ0v) is 21.1. The van der Waals surface area contributed by atoms with Gasteiger partial charge < -0.3 is 5.11 Å². The molecule has 0 radical (unpaired) electrons. The van der Waals surface area contributed by atoms with Crippen molar-refractivity contribution in [2.75, 3.05) is 20.1 Å². The number of fused-ring (bicyclic) bond motifs is 1. The Morgan fingerprint density at radius 1 is 1.22 bits per heavy atom. The third kappa shape index (κ3) is 5.26. The van der Waals surface area contributed by atoms with Gasteiger partial charge in [-0.15, -0.1) is 0 Å². The lowest BCUT2D eigenvalue weighted by atomic mass is 10.1. The molecule has 3 heterocycles. The van der Waals surface area contributed by atoms with Crippen LogP contribution in [0.3, 0.4) is 0 Å². The van der Waals surface area contributed by atoms with Gasteiger partial charge in [-0.2, -0.15) is 18.3 Å². The number of β-amino-alcohol motifs (C(OH)–C–C–N with tert-alkyl or cyclic N) is 1. The predicted molar refractivity (Wildman–Crippen MR) is 135 cm³/mol. The van der Waals surface area contributed by atoms with Crippen LogP contribution in [-0.2, 0) is 17.5 Å². The van der Waals surface area contributed by atoms with E-state index in [0.717, 1.165) is 17.8 Å². The van der Waals surface area contributed by atoms with Gasteiger partial charge in [-0.1, -0.05) is 23.7 Å². The number of aromatic nitrogens is 2. The lowest BCUT2D eigenvalue weighted by Gasteiger charge is -2.23. The fourth-order valence-corrected chi connectivity index (χ4v) is 5.74. The number of hydrogen-bond acceptors (Lipinski definition) is 6. The van der Waals surface area contributed by atoms with E-state index in [1.807, 2.05) is 11.9 Å². The molecular formula is C25H22ClF3N4O3S. The molecule has 7 nitrogen and oxygen atoms in total. The number of amides is 2. The summed E-state index contributed by atoms with van der Waals surface area (Å²) in [6.45, 7) is 0.615. The predicted octanol–water partition coefficient (Wildman–Crippen LogP) is 4.86. The van der Waals surface area contributed by atoms with Gasteiger partial charge in [0.2, 0.25) is 0 Å². The molecule has 37 heavy (non-hydrogen) atoms. The SMILES string of the molecule is CN1C[C@H](O)C[C@H]1CN1C(=O)SC(=Cc2ccc3c(cnn3Cc3ccc(Cl)cc3C(F)(F)F)c2)C1=O. The number of likely N-dealkylation sites (N-methyl/N-ethyl adjacent to an activating group) is 1. The standard InChI is InChI=1S/C25H22ClF3N4O3S/c1-31-13-19(34)9-18(31)12-32-23(35)22(37-24(32)36)7-14-2-5-21-16(6-14)10-30-33(21)11-15-3-4-17(26)8-20(15)25(27,28)29/h2-8,10,18-19,34H,9,11-13H2,1H3/t18-,19+/m0/s1. The first kappa shape index (κ1) is 25.8. The Morgan fingerprint density at radius 3 is 2.70 bits per heavy atom. The summed E-state index contributed by atoms with van der Waals surface area (Å²) in [5, 5.41) is 14.4. The number of thioether (sulfide) groups is 1. The van der Waals surface area contributed by atoms with Gasteiger partial charge in [0.1, 0.15) is 0 Å². The second-order valence-electron chi connectivity index (χ2n) is 9.19. The van der Waals surface area contributed by atoms with Crippen molar-refractivity contribution < 1.29 is 27.9 Å². The third-order valence-electron chi connectivity index (χ3n) is 6.59. The van der Waals surface area contributed by atoms with Crippen molar-refractivity contribution in [1.29, 1.82) is 0 Å². The molecule has 194 valence electrons. The van der Waals surface area contributed by atoms with Gasteiger partial charge in [0.15, 0.2) is 0 Å². The van der Waals surface area contributed by atoms with E-state index < -0.39 is 17.8 Å². The first-order valence-electron chi connectivity index (χ1n) is 11.4. The zero-order chi connectivity index (χ0) is 26.5. The Hall–Kier alpha value is -2.86. The van der Waals surface area contributed by atoms with Crippen LogP contribution in [0.1, 0.15) is 23.1 Å². The average molecular weight is 551 g/mol. The lowest BCUT2D eigenvalue weighted by molar-refractivity contribution is -0.138. The van der Waals surface area contributed by atoms with Crippen molar-refractivity contribution in [3.05, 3.63) is 69.2 Å². The van der Waals surface area contributed by atoms with Crippen molar-refractivity contribution in [2.45, 2.75) is 31.3 Å². The molecule has 2 aliphatic heterocycles. The topological polar surface area (TPSA) is 78.7 Å². The molecular weight excluding hydrogens is 529 g/mol. The number of alkyl halides is 3. The van der Waals surface area contributed by atoms with Crippen molar-refractivity contribution >= 4 is 51.5 Å². The Labute approximate surface area is 219 Å². The summed E-state index contributed by atoms with van der Waals surface area (Å²) in [6.07, 6.45) is -1.36. The number of halogens is 4. The highest BCUT2D eigenvalue weighted by Crippen LogP contribution is 2.36. The number of carbonyl (C=O) groups is 2. The Balaban J connectivity index is 1.36. The first-order chi connectivity index (χ1) is 17.5. The summed E-state index contributed by atoms with van der Waals surface area (Å²) in [4.78, 5) is 28.9. The molecule has 0 bridgehead atoms. The molecule has 2 fully saturated rings. The number of aliphatic hydroxyl groups excluding tert-OH is 1. The molecule has 0 saturated carbocycles. The van der Waals surface area contributed by atoms with Gasteiger partial charge >= 0.3 is 6.18 Å². The van der Waals surface area contributed by atoms with E-state index in [-0.39, 0.29) is 45.8 Å². The van der Waals surface area contributed by atoms with E-state index >= 15 is 0 Å². The molecule has 5 rings (SSSR count). The van der Waals surface area contributed by atoms with Crippen LogP contribution >= 0.6 is 23.4 Å². The smallest absolute Gasteiger partial charge is 0.392 e. The maximum atomic E-state index is 13.5. The zero-order valence-electron chi connectivity index (χ0n) is 19.6. The minimum Gasteiger partial charge on any atom is -0.392 e. The summed E-state index contributed by atoms with van der Waals surface area (Å²) >= 11 is 6.64. The molecule has 2 saturated heterocycles. The maximum absolute atomic E-state index is 13.5. The molecule has 2 aromatic carbocycles. The maximum Gasteiger partial charge on any atom is 0.416 e. The van der Waals surface area contributed by atoms with Crippen LogP contribution < -0.4 is 0 Å². The van der Waals surface area contributed by atoms with Crippen LogP contribution in [0.15, 0.2) is 47.5 Å². The summed E-state index contributed by atoms with van der Waals surface area (Å²) in [6, 6.07) is 8.77. The Kier molecular flexibility index (Phi) is 6.82. The molecule has 3 aromatic rings. The number of carbonyl (C=O) groups excluding carboxylic acids is 2. The van der Waals surface area contributed by atoms with E-state index in [9.17, 15) is 27.9 Å². The normalized spacial score (nSPS) is 22.2. The van der Waals surface area contributed by atoms with E-state index in [1.54, 1.807) is 30.5 Å². The highest BCUT2D eigenvalue weighted by molar-refractivity contribution is 8.18. The van der Waals surface area contributed by atoms with Crippen molar-refractivity contribution in [3.8, 4) is 0 Å². The number of aliphatic hydroxyl groups is 1. The second kappa shape index (κ2) is 9.79. The monoisotopic (exact) mass is 550 g/mol. The minimum atomic E-state index is -4.55. The Bertz CT molecular complexity index is 1420. The lowest BCUT2D eigenvalue weighted by Crippen LogP contribution is -2.40. The fourth-order valence-electron chi connectivity index (χ4n) is 4.72. The molecule has 2 aliphatic rings. The molecule has 2 amide bonds. The summed E-state index contributed by atoms with van der Waals surface area (Å²) in [5.41, 5.74) is 0.513. The molecule has 1 aromatic heterocycles. The number of nitrogens with zero attached hydrogens (tertiary/aromatic N) is 4. The number of hydrogen-bond donors (Lipinski definition) is 1. The summed E-state index contributed by atoms with van der Waals surface area (Å²) in [7, 11) is 1.85. The minimum absolute atomic E-state index is 0.00306. The van der Waals surface area contributed by atoms with Crippen LogP contribution in [0.25, 0.3) is 17.0 Å². The van der Waals surface area contributed by atoms with Gasteiger partial charge in [-0.05, 0) is 66.7 Å². The molecule has 1 N–H and O–H groups in total. The van der Waals surface area contributed by atoms with E-state index in [0.29, 0.717) is 29.4 Å². The highest BCUT2D eigenvalue weighted by Gasteiger charge is 2.39. The van der Waals surface area contributed by atoms with Crippen molar-refractivity contribution in [3.63, 3.8) is 0 Å². The van der Waals surface area contributed by atoms with Crippen LogP contribution in [0.4, 0.5) is 18.0 Å². The van der Waals surface area contributed by atoms with E-state index in [2.05, 4.69) is 5.10 Å². The quantitative estimate of drug-likeness (QED) is 0.457. The van der Waals surface area contributed by atoms with Crippen LogP contribution in [0, 0.1) is 0 Å². The van der Waals surface area contributed by atoms with Gasteiger partial charge in [-0.25, -0.2) is 0 Å². The van der Waals surface area contributed by atoms with Crippen LogP contribution in [-0.4, -0.2) is 68.1 Å². The molecule has 0 unspecified atom stereocenters. The molecule has 12 heteroatoms. The van der Waals surface area contributed by atoms with E-state index in [4.69, 9.17) is 11.6 Å². The fraction of sp³-hybridized carbons (Fsp3) is 0.320. The number of imide groups is 1. The van der Waals surface area contributed by atoms with Gasteiger partial charge in [0.05, 0.1) is 34.8 Å². The summed E-state index contributed by atoms with van der Waals surface area (Å²) in [5.74, 6) is -0.386. The van der Waals surface area contributed by atoms with Crippen LogP contribution in [0.5, 0.6) is 0 Å². The molecule has 2 atom stereocenters. The van der Waals surface area contributed by atoms with Crippen molar-refractivity contribution in [1.82, 2.24) is 19.6 Å². The summed E-state index contributed by atoms with van der Waals surface area (Å²) < 4.78 is 41.9. The van der Waals surface area contributed by atoms with Crippen LogP contribution in [0.2, 0.25) is 5.02 Å². The molecule has 0 spiro atoms. The number of benzene rings is 2. The Morgan fingerprint density at radius 2 is 2.00 bits per heavy atom. The van der Waals surface area contributed by atoms with Gasteiger partial charge in [-0.3, -0.25) is 24.1 Å². The van der Waals surface area contributed by atoms with Gasteiger partial charge in [0.25, 0.3) is 11.1 Å². The number of rotatable bonds is 5. The van der Waals surface area contributed by atoms with E-state index in [1.165, 1.54) is 21.7 Å². The first-order valence-corrected chi connectivity index (χ1v) is 12.6. The van der Waals surface area contributed by atoms with Gasteiger partial charge in [0, 0.05) is 29.5 Å². The molecule has 0 aliphatic carbocycles. The second-order valence-corrected chi connectivity index (χ2v) is 10.6. The highest BCUT2D eigenvalue weighted by atomic mass is 35.5.